The first kappa shape index (κ1) is 14.6. The molecule has 2 aromatic heterocycles. The quantitative estimate of drug-likeness (QED) is 0.481. The highest BCUT2D eigenvalue weighted by Crippen LogP contribution is 2.07. The predicted octanol–water partition coefficient (Wildman–Crippen LogP) is 1.71. The Hall–Kier alpha value is -3.31. The lowest BCUT2D eigenvalue weighted by atomic mass is 10.2. The molecule has 23 heavy (non-hydrogen) atoms. The summed E-state index contributed by atoms with van der Waals surface area (Å²) in [5, 5.41) is 9.56. The molecule has 116 valence electrons. The van der Waals surface area contributed by atoms with E-state index in [9.17, 15) is 4.79 Å². The third-order valence-electron chi connectivity index (χ3n) is 2.93. The molecule has 0 saturated heterocycles. The van der Waals surface area contributed by atoms with Gasteiger partial charge in [0.15, 0.2) is 24.6 Å². The molecular weight excluding hydrogens is 298 g/mol. The van der Waals surface area contributed by atoms with E-state index in [0.717, 1.165) is 0 Å². The first-order chi connectivity index (χ1) is 11.3. The fourth-order valence-corrected chi connectivity index (χ4v) is 1.86. The lowest BCUT2D eigenvalue weighted by molar-refractivity contribution is -0.115. The summed E-state index contributed by atoms with van der Waals surface area (Å²) in [5.74, 6) is 0.478. The number of hydrogen-bond acceptors (Lipinski definition) is 6. The van der Waals surface area contributed by atoms with Crippen LogP contribution in [-0.4, -0.2) is 17.8 Å². The molecule has 1 amide bonds. The molecule has 0 spiro atoms. The molecule has 2 aromatic rings. The summed E-state index contributed by atoms with van der Waals surface area (Å²) in [4.78, 5) is 17.6. The van der Waals surface area contributed by atoms with Crippen molar-refractivity contribution in [3.05, 3.63) is 72.7 Å². The Kier molecular flexibility index (Phi) is 4.52. The molecule has 0 unspecified atom stereocenters. The Bertz CT molecular complexity index is 715. The number of nitrogens with zero attached hydrogens (tertiary/aromatic N) is 1. The number of allylic oxidation sites excluding steroid dienone is 2. The van der Waals surface area contributed by atoms with Gasteiger partial charge >= 0.3 is 0 Å². The van der Waals surface area contributed by atoms with Gasteiger partial charge in [-0.25, -0.2) is 0 Å². The Labute approximate surface area is 132 Å². The third kappa shape index (κ3) is 3.87. The van der Waals surface area contributed by atoms with E-state index in [4.69, 9.17) is 13.7 Å². The maximum atomic E-state index is 12.4. The summed E-state index contributed by atoms with van der Waals surface area (Å²) >= 11 is 0. The van der Waals surface area contributed by atoms with Crippen LogP contribution in [0.3, 0.4) is 0 Å². The minimum atomic E-state index is -0.433. The monoisotopic (exact) mass is 312 g/mol. The van der Waals surface area contributed by atoms with Gasteiger partial charge in [0.2, 0.25) is 5.71 Å². The number of furan rings is 2. The van der Waals surface area contributed by atoms with Crippen LogP contribution in [0.25, 0.3) is 0 Å². The number of carbonyl (C=O) groups excluding carboxylic acids is 1. The maximum Gasteiger partial charge on any atom is 0.280 e. The molecule has 3 rings (SSSR count). The molecule has 1 atom stereocenters. The predicted molar refractivity (Wildman–Crippen MR) is 80.8 cm³/mol. The number of amides is 1. The number of nitrogens with one attached hydrogen (secondary N) is 2. The van der Waals surface area contributed by atoms with E-state index in [0.29, 0.717) is 11.5 Å². The van der Waals surface area contributed by atoms with Crippen molar-refractivity contribution < 1.29 is 18.5 Å². The van der Waals surface area contributed by atoms with Crippen LogP contribution in [0.15, 0.2) is 69.1 Å². The van der Waals surface area contributed by atoms with E-state index < -0.39 is 5.91 Å². The zero-order valence-electron chi connectivity index (χ0n) is 12.1. The summed E-state index contributed by atoms with van der Waals surface area (Å²) in [6, 6.07) is 6.80. The molecule has 7 heteroatoms. The fourth-order valence-electron chi connectivity index (χ4n) is 1.86. The van der Waals surface area contributed by atoms with E-state index in [-0.39, 0.29) is 18.5 Å². The van der Waals surface area contributed by atoms with Crippen LogP contribution < -0.4 is 10.6 Å². The molecular formula is C16H14N3O4+. The van der Waals surface area contributed by atoms with E-state index in [2.05, 4.69) is 21.9 Å². The van der Waals surface area contributed by atoms with Crippen LogP contribution in [0.4, 0.5) is 0 Å². The number of carbonyl (C=O) groups is 1. The summed E-state index contributed by atoms with van der Waals surface area (Å²) in [5.41, 5.74) is 0.0373. The van der Waals surface area contributed by atoms with Crippen molar-refractivity contribution in [1.29, 1.82) is 0 Å². The highest BCUT2D eigenvalue weighted by atomic mass is 16.6. The third-order valence-corrected chi connectivity index (χ3v) is 2.93. The molecule has 2 N–H and O–H groups in total. The average Bonchev–Trinajstić information content (AvgIpc) is 3.26. The minimum Gasteiger partial charge on any atom is -0.466 e. The number of rotatable bonds is 6. The lowest BCUT2D eigenvalue weighted by Gasteiger charge is -2.12. The minimum absolute atomic E-state index is 0.0373. The zero-order chi connectivity index (χ0) is 15.9. The van der Waals surface area contributed by atoms with Gasteiger partial charge in [-0.2, -0.15) is 0 Å². The number of dihydropyridines is 1. The second kappa shape index (κ2) is 7.11. The van der Waals surface area contributed by atoms with Crippen molar-refractivity contribution in [2.75, 3.05) is 0 Å². The summed E-state index contributed by atoms with van der Waals surface area (Å²) < 4.78 is 10.4. The van der Waals surface area contributed by atoms with E-state index in [1.807, 2.05) is 0 Å². The lowest BCUT2D eigenvalue weighted by Crippen LogP contribution is -2.45. The van der Waals surface area contributed by atoms with Crippen LogP contribution >= 0.6 is 0 Å². The molecule has 7 nitrogen and oxygen atoms in total. The Morgan fingerprint density at radius 3 is 2.91 bits per heavy atom. The van der Waals surface area contributed by atoms with Crippen LogP contribution in [0.1, 0.15) is 11.5 Å². The van der Waals surface area contributed by atoms with E-state index >= 15 is 0 Å². The summed E-state index contributed by atoms with van der Waals surface area (Å²) in [6.45, 7) is 0.115. The highest BCUT2D eigenvalue weighted by molar-refractivity contribution is 6.44. The second-order valence-corrected chi connectivity index (χ2v) is 4.56. The summed E-state index contributed by atoms with van der Waals surface area (Å²) in [6.07, 6.45) is 10.6. The zero-order valence-corrected chi connectivity index (χ0v) is 12.1. The first-order valence-corrected chi connectivity index (χ1v) is 6.90. The Morgan fingerprint density at radius 1 is 1.35 bits per heavy atom. The molecule has 0 bridgehead atoms. The van der Waals surface area contributed by atoms with Crippen molar-refractivity contribution >= 4 is 11.6 Å². The van der Waals surface area contributed by atoms with Gasteiger partial charge in [-0.1, -0.05) is 5.16 Å². The molecule has 3 heterocycles. The number of hydrogen-bond donors (Lipinski definition) is 2. The van der Waals surface area contributed by atoms with Gasteiger partial charge in [-0.05, 0) is 24.3 Å². The normalized spacial score (nSPS) is 16.5. The SMILES string of the molecule is O=C(N[C@@H]1C=C[C+]=CN1)C(=NOCc1ccco1)c1ccco1. The van der Waals surface area contributed by atoms with Crippen molar-refractivity contribution in [1.82, 2.24) is 10.6 Å². The van der Waals surface area contributed by atoms with Crippen molar-refractivity contribution in [3.63, 3.8) is 0 Å². The van der Waals surface area contributed by atoms with Gasteiger partial charge in [0, 0.05) is 0 Å². The van der Waals surface area contributed by atoms with Gasteiger partial charge in [0.05, 0.1) is 18.6 Å². The van der Waals surface area contributed by atoms with Crippen LogP contribution in [0.2, 0.25) is 0 Å². The molecule has 0 aromatic carbocycles. The van der Waals surface area contributed by atoms with Crippen molar-refractivity contribution in [3.8, 4) is 0 Å². The van der Waals surface area contributed by atoms with E-state index in [1.165, 1.54) is 12.5 Å². The second-order valence-electron chi connectivity index (χ2n) is 4.56. The smallest absolute Gasteiger partial charge is 0.280 e. The molecule has 0 fully saturated rings. The van der Waals surface area contributed by atoms with Gasteiger partial charge in [0.1, 0.15) is 18.0 Å². The maximum absolute atomic E-state index is 12.4. The van der Waals surface area contributed by atoms with Crippen molar-refractivity contribution in [2.45, 2.75) is 12.8 Å². The molecule has 0 aliphatic carbocycles. The standard InChI is InChI=1S/C16H13N3O4/c20-16(18-14-7-1-2-8-17-14)15(13-6-4-10-22-13)19-23-11-12-5-3-9-21-12/h1,3-10,14,17H,11H2/p+1/t14-/m1/s1. The van der Waals surface area contributed by atoms with Gasteiger partial charge < -0.3 is 24.3 Å². The topological polar surface area (TPSA) is 89.0 Å². The highest BCUT2D eigenvalue weighted by Gasteiger charge is 2.22. The summed E-state index contributed by atoms with van der Waals surface area (Å²) in [7, 11) is 0. The van der Waals surface area contributed by atoms with Crippen molar-refractivity contribution in [2.24, 2.45) is 5.16 Å². The molecule has 0 saturated carbocycles. The van der Waals surface area contributed by atoms with Crippen LogP contribution in [0.5, 0.6) is 0 Å². The average molecular weight is 312 g/mol. The first-order valence-electron chi connectivity index (χ1n) is 6.90. The Morgan fingerprint density at radius 2 is 2.22 bits per heavy atom. The van der Waals surface area contributed by atoms with Gasteiger partial charge in [-0.3, -0.25) is 4.79 Å². The van der Waals surface area contributed by atoms with Gasteiger partial charge in [-0.15, -0.1) is 0 Å². The number of oxime groups is 1. The molecule has 1 aliphatic heterocycles. The molecule has 1 aliphatic rings. The largest absolute Gasteiger partial charge is 0.466 e. The fraction of sp³-hybridized carbons (Fsp3) is 0.125. The molecule has 0 radical (unpaired) electrons. The van der Waals surface area contributed by atoms with E-state index in [1.54, 1.807) is 42.6 Å². The Balaban J connectivity index is 1.68. The van der Waals surface area contributed by atoms with Gasteiger partial charge in [0.25, 0.3) is 5.91 Å². The van der Waals surface area contributed by atoms with Crippen LogP contribution in [-0.2, 0) is 16.2 Å². The van der Waals surface area contributed by atoms with Crippen LogP contribution in [0, 0.1) is 6.08 Å².